The lowest BCUT2D eigenvalue weighted by molar-refractivity contribution is -0.148. The Kier molecular flexibility index (Phi) is 12.8. The third-order valence-corrected chi connectivity index (χ3v) is 4.09. The zero-order chi connectivity index (χ0) is 18.4. The molecule has 0 radical (unpaired) electrons. The summed E-state index contributed by atoms with van der Waals surface area (Å²) in [6, 6.07) is 0. The quantitative estimate of drug-likeness (QED) is 0.272. The molecule has 0 aromatic rings. The average molecular weight is 340 g/mol. The number of ketones is 1. The van der Waals surface area contributed by atoms with Crippen molar-refractivity contribution in [2.24, 2.45) is 5.92 Å². The Bertz CT molecular complexity index is 414. The third kappa shape index (κ3) is 9.48. The summed E-state index contributed by atoms with van der Waals surface area (Å²) in [5, 5.41) is 0. The summed E-state index contributed by atoms with van der Waals surface area (Å²) >= 11 is 0. The minimum Gasteiger partial charge on any atom is -0.469 e. The SMILES string of the molecule is C=C(C(=O)OC)C(CC(=O)CCCCCCCCCC)C(=O)OC. The fourth-order valence-electron chi connectivity index (χ4n) is 2.55. The number of carbonyl (C=O) groups is 3. The molecule has 0 saturated carbocycles. The molecular weight excluding hydrogens is 308 g/mol. The fourth-order valence-corrected chi connectivity index (χ4v) is 2.55. The second-order valence-corrected chi connectivity index (χ2v) is 6.06. The summed E-state index contributed by atoms with van der Waals surface area (Å²) in [6.07, 6.45) is 9.59. The molecule has 0 bridgehead atoms. The van der Waals surface area contributed by atoms with Gasteiger partial charge in [0.2, 0.25) is 0 Å². The Morgan fingerprint density at radius 3 is 1.92 bits per heavy atom. The van der Waals surface area contributed by atoms with E-state index in [0.717, 1.165) is 19.3 Å². The topological polar surface area (TPSA) is 69.7 Å². The molecule has 0 aliphatic carbocycles. The van der Waals surface area contributed by atoms with Crippen LogP contribution < -0.4 is 0 Å². The number of rotatable bonds is 14. The van der Waals surface area contributed by atoms with Gasteiger partial charge in [-0.15, -0.1) is 0 Å². The van der Waals surface area contributed by atoms with Crippen LogP contribution in [0.25, 0.3) is 0 Å². The molecule has 0 spiro atoms. The number of esters is 2. The predicted molar refractivity (Wildman–Crippen MR) is 93.5 cm³/mol. The molecule has 1 atom stereocenters. The molecule has 0 aromatic carbocycles. The molecule has 24 heavy (non-hydrogen) atoms. The van der Waals surface area contributed by atoms with Crippen LogP contribution in [-0.2, 0) is 23.9 Å². The van der Waals surface area contributed by atoms with E-state index in [0.29, 0.717) is 6.42 Å². The summed E-state index contributed by atoms with van der Waals surface area (Å²) in [5.74, 6) is -2.33. The number of ether oxygens (including phenoxy) is 2. The van der Waals surface area contributed by atoms with Gasteiger partial charge in [0, 0.05) is 18.4 Å². The van der Waals surface area contributed by atoms with Gasteiger partial charge in [0.15, 0.2) is 0 Å². The lowest BCUT2D eigenvalue weighted by Crippen LogP contribution is -2.25. The first-order valence-electron chi connectivity index (χ1n) is 8.84. The molecule has 0 heterocycles. The summed E-state index contributed by atoms with van der Waals surface area (Å²) in [5.41, 5.74) is -0.0337. The van der Waals surface area contributed by atoms with Gasteiger partial charge in [-0.05, 0) is 6.42 Å². The van der Waals surface area contributed by atoms with E-state index >= 15 is 0 Å². The molecule has 0 N–H and O–H groups in total. The van der Waals surface area contributed by atoms with Crippen molar-refractivity contribution < 1.29 is 23.9 Å². The van der Waals surface area contributed by atoms with Gasteiger partial charge in [0.05, 0.1) is 20.1 Å². The number of carbonyl (C=O) groups excluding carboxylic acids is 3. The Morgan fingerprint density at radius 1 is 0.875 bits per heavy atom. The number of hydrogen-bond donors (Lipinski definition) is 0. The highest BCUT2D eigenvalue weighted by atomic mass is 16.5. The summed E-state index contributed by atoms with van der Waals surface area (Å²) in [6.45, 7) is 5.76. The van der Waals surface area contributed by atoms with Gasteiger partial charge in [0.1, 0.15) is 5.78 Å². The minimum atomic E-state index is -0.955. The van der Waals surface area contributed by atoms with Crippen molar-refractivity contribution in [3.05, 3.63) is 12.2 Å². The van der Waals surface area contributed by atoms with Crippen LogP contribution in [0.4, 0.5) is 0 Å². The second-order valence-electron chi connectivity index (χ2n) is 6.06. The van der Waals surface area contributed by atoms with Gasteiger partial charge >= 0.3 is 11.9 Å². The Hall–Kier alpha value is -1.65. The zero-order valence-corrected chi connectivity index (χ0v) is 15.4. The molecule has 0 rings (SSSR count). The van der Waals surface area contributed by atoms with Crippen molar-refractivity contribution in [2.75, 3.05) is 14.2 Å². The van der Waals surface area contributed by atoms with Crippen molar-refractivity contribution in [2.45, 2.75) is 71.1 Å². The van der Waals surface area contributed by atoms with Crippen LogP contribution in [0, 0.1) is 5.92 Å². The smallest absolute Gasteiger partial charge is 0.334 e. The van der Waals surface area contributed by atoms with Crippen molar-refractivity contribution >= 4 is 17.7 Å². The van der Waals surface area contributed by atoms with Gasteiger partial charge < -0.3 is 9.47 Å². The van der Waals surface area contributed by atoms with E-state index in [2.05, 4.69) is 23.0 Å². The molecule has 5 heteroatoms. The first kappa shape index (κ1) is 22.4. The first-order valence-corrected chi connectivity index (χ1v) is 8.84. The number of hydrogen-bond acceptors (Lipinski definition) is 5. The average Bonchev–Trinajstić information content (AvgIpc) is 2.59. The van der Waals surface area contributed by atoms with Crippen LogP contribution in [0.2, 0.25) is 0 Å². The molecule has 138 valence electrons. The van der Waals surface area contributed by atoms with Crippen molar-refractivity contribution in [3.63, 3.8) is 0 Å². The van der Waals surface area contributed by atoms with Crippen molar-refractivity contribution in [3.8, 4) is 0 Å². The predicted octanol–water partition coefficient (Wildman–Crippen LogP) is 3.99. The van der Waals surface area contributed by atoms with E-state index in [-0.39, 0.29) is 17.8 Å². The largest absolute Gasteiger partial charge is 0.469 e. The Labute approximate surface area is 145 Å². The van der Waals surface area contributed by atoms with E-state index in [4.69, 9.17) is 0 Å². The molecule has 0 aliphatic heterocycles. The lowest BCUT2D eigenvalue weighted by atomic mass is 9.92. The van der Waals surface area contributed by atoms with Crippen LogP contribution >= 0.6 is 0 Å². The second kappa shape index (κ2) is 13.8. The zero-order valence-electron chi connectivity index (χ0n) is 15.4. The normalized spacial score (nSPS) is 11.6. The lowest BCUT2D eigenvalue weighted by Gasteiger charge is -2.15. The highest BCUT2D eigenvalue weighted by Gasteiger charge is 2.29. The van der Waals surface area contributed by atoms with Crippen LogP contribution in [0.3, 0.4) is 0 Å². The van der Waals surface area contributed by atoms with Crippen molar-refractivity contribution in [1.82, 2.24) is 0 Å². The van der Waals surface area contributed by atoms with E-state index in [1.165, 1.54) is 46.3 Å². The molecular formula is C19H32O5. The van der Waals surface area contributed by atoms with Gasteiger partial charge in [-0.3, -0.25) is 9.59 Å². The maximum atomic E-state index is 12.1. The third-order valence-electron chi connectivity index (χ3n) is 4.09. The van der Waals surface area contributed by atoms with E-state index < -0.39 is 17.9 Å². The van der Waals surface area contributed by atoms with E-state index in [1.54, 1.807) is 0 Å². The van der Waals surface area contributed by atoms with Crippen LogP contribution in [0.5, 0.6) is 0 Å². The van der Waals surface area contributed by atoms with E-state index in [1.807, 2.05) is 0 Å². The monoisotopic (exact) mass is 340 g/mol. The summed E-state index contributed by atoms with van der Waals surface area (Å²) in [7, 11) is 2.44. The molecule has 0 saturated heterocycles. The molecule has 5 nitrogen and oxygen atoms in total. The first-order chi connectivity index (χ1) is 11.5. The van der Waals surface area contributed by atoms with Crippen molar-refractivity contribution in [1.29, 1.82) is 0 Å². The summed E-state index contributed by atoms with van der Waals surface area (Å²) < 4.78 is 9.22. The minimum absolute atomic E-state index is 0.0337. The molecule has 0 fully saturated rings. The fraction of sp³-hybridized carbons (Fsp3) is 0.737. The highest BCUT2D eigenvalue weighted by Crippen LogP contribution is 2.19. The van der Waals surface area contributed by atoms with Crippen LogP contribution in [-0.4, -0.2) is 31.9 Å². The van der Waals surface area contributed by atoms with E-state index in [9.17, 15) is 14.4 Å². The Morgan fingerprint density at radius 2 is 1.42 bits per heavy atom. The number of methoxy groups -OCH3 is 2. The van der Waals surface area contributed by atoms with Gasteiger partial charge in [-0.25, -0.2) is 4.79 Å². The molecule has 0 aliphatic rings. The molecule has 0 amide bonds. The van der Waals surface area contributed by atoms with Gasteiger partial charge in [-0.1, -0.05) is 58.4 Å². The highest BCUT2D eigenvalue weighted by molar-refractivity contribution is 5.97. The number of Topliss-reactive ketones (excluding diaryl/α,β-unsaturated/α-hetero) is 1. The van der Waals surface area contributed by atoms with Crippen LogP contribution in [0.15, 0.2) is 12.2 Å². The molecule has 1 unspecified atom stereocenters. The van der Waals surface area contributed by atoms with Gasteiger partial charge in [0.25, 0.3) is 0 Å². The maximum Gasteiger partial charge on any atom is 0.334 e. The summed E-state index contributed by atoms with van der Waals surface area (Å²) in [4.78, 5) is 35.4. The maximum absolute atomic E-state index is 12.1. The number of unbranched alkanes of at least 4 members (excludes halogenated alkanes) is 7. The standard InChI is InChI=1S/C19H32O5/c1-5-6-7-8-9-10-11-12-13-16(20)14-17(19(22)24-4)15(2)18(21)23-3/h17H,2,5-14H2,1,3-4H3. The van der Waals surface area contributed by atoms with Gasteiger partial charge in [-0.2, -0.15) is 0 Å². The van der Waals surface area contributed by atoms with Crippen LogP contribution in [0.1, 0.15) is 71.1 Å². The Balaban J connectivity index is 4.13. The molecule has 0 aromatic heterocycles.